The number of carbonyl (C=O) groups is 1. The molecule has 0 bridgehead atoms. The maximum absolute atomic E-state index is 12.7. The molecule has 0 saturated heterocycles. The normalized spacial score (nSPS) is 23.0. The third-order valence-corrected chi connectivity index (χ3v) is 5.26. The molecule has 0 amide bonds. The number of phenolic OH excluding ortho intramolecular Hbond substituents is 2. The van der Waals surface area contributed by atoms with E-state index in [2.05, 4.69) is 6.92 Å². The second-order valence-electron chi connectivity index (χ2n) is 6.65. The first-order chi connectivity index (χ1) is 11.3. The van der Waals surface area contributed by atoms with Crippen LogP contribution in [0.25, 0.3) is 0 Å². The van der Waals surface area contributed by atoms with Crippen LogP contribution in [-0.2, 0) is 0 Å². The molecule has 0 radical (unpaired) electrons. The number of aryl methyl sites for hydroxylation is 1. The molecule has 0 aliphatic heterocycles. The molecule has 0 fully saturated rings. The lowest BCUT2D eigenvalue weighted by molar-refractivity contribution is 0.0865. The maximum Gasteiger partial charge on any atom is 0.166 e. The van der Waals surface area contributed by atoms with Gasteiger partial charge in [0.1, 0.15) is 5.75 Å². The van der Waals surface area contributed by atoms with Crippen molar-refractivity contribution in [1.29, 1.82) is 0 Å². The Morgan fingerprint density at radius 3 is 2.42 bits per heavy atom. The second kappa shape index (κ2) is 5.86. The molecule has 0 heterocycles. The van der Waals surface area contributed by atoms with Gasteiger partial charge in [-0.3, -0.25) is 4.79 Å². The lowest BCUT2D eigenvalue weighted by Crippen LogP contribution is -2.32. The Hall–Kier alpha value is -2.49. The molecule has 0 unspecified atom stereocenters. The Kier molecular flexibility index (Phi) is 3.99. The van der Waals surface area contributed by atoms with Crippen molar-refractivity contribution in [3.63, 3.8) is 0 Å². The second-order valence-corrected chi connectivity index (χ2v) is 6.65. The van der Waals surface area contributed by atoms with Gasteiger partial charge in [0.25, 0.3) is 0 Å². The fourth-order valence-corrected chi connectivity index (χ4v) is 3.62. The molecule has 2 aromatic carbocycles. The van der Waals surface area contributed by atoms with E-state index in [9.17, 15) is 15.0 Å². The first-order valence-corrected chi connectivity index (χ1v) is 8.09. The van der Waals surface area contributed by atoms with Crippen molar-refractivity contribution in [2.45, 2.75) is 26.7 Å². The molecular formula is C20H22O4. The highest BCUT2D eigenvalue weighted by molar-refractivity contribution is 6.01. The third kappa shape index (κ3) is 2.42. The number of ketones is 1. The van der Waals surface area contributed by atoms with Crippen LogP contribution in [0.1, 0.15) is 46.8 Å². The monoisotopic (exact) mass is 326 g/mol. The predicted octanol–water partition coefficient (Wildman–Crippen LogP) is 4.02. The van der Waals surface area contributed by atoms with Crippen molar-refractivity contribution in [1.82, 2.24) is 0 Å². The SMILES string of the molecule is COc1cc([C@@H]2c3cc(C)c(O)cc3C(=O)[C@@H](C)[C@H]2C)ccc1O. The zero-order valence-corrected chi connectivity index (χ0v) is 14.3. The van der Waals surface area contributed by atoms with Crippen molar-refractivity contribution in [3.8, 4) is 17.2 Å². The van der Waals surface area contributed by atoms with Crippen LogP contribution < -0.4 is 4.74 Å². The summed E-state index contributed by atoms with van der Waals surface area (Å²) in [4.78, 5) is 12.7. The van der Waals surface area contributed by atoms with Crippen molar-refractivity contribution in [2.24, 2.45) is 11.8 Å². The molecule has 0 spiro atoms. The summed E-state index contributed by atoms with van der Waals surface area (Å²) in [5.41, 5.74) is 3.25. The van der Waals surface area contributed by atoms with E-state index in [1.54, 1.807) is 12.1 Å². The summed E-state index contributed by atoms with van der Waals surface area (Å²) in [5.74, 6) is 0.673. The highest BCUT2D eigenvalue weighted by Crippen LogP contribution is 2.46. The summed E-state index contributed by atoms with van der Waals surface area (Å²) in [6.45, 7) is 5.83. The van der Waals surface area contributed by atoms with Gasteiger partial charge in [0.05, 0.1) is 7.11 Å². The van der Waals surface area contributed by atoms with Crippen molar-refractivity contribution in [2.75, 3.05) is 7.11 Å². The Bertz CT molecular complexity index is 810. The molecule has 1 aliphatic rings. The Morgan fingerprint density at radius 2 is 1.75 bits per heavy atom. The number of benzene rings is 2. The van der Waals surface area contributed by atoms with E-state index in [1.807, 2.05) is 32.0 Å². The number of phenols is 2. The quantitative estimate of drug-likeness (QED) is 0.875. The molecule has 2 N–H and O–H groups in total. The Labute approximate surface area is 141 Å². The van der Waals surface area contributed by atoms with Crippen LogP contribution in [0, 0.1) is 18.8 Å². The number of rotatable bonds is 2. The van der Waals surface area contributed by atoms with Gasteiger partial charge < -0.3 is 14.9 Å². The molecule has 0 saturated carbocycles. The number of hydrogen-bond donors (Lipinski definition) is 2. The number of fused-ring (bicyclic) bond motifs is 1. The molecule has 4 nitrogen and oxygen atoms in total. The standard InChI is InChI=1S/C20H22O4/c1-10-7-14-15(9-17(10)22)20(23)12(3)11(2)19(14)13-5-6-16(21)18(8-13)24-4/h5-9,11-12,19,21-22H,1-4H3/t11-,12+,19-/m1/s1. The minimum atomic E-state index is -0.149. The van der Waals surface area contributed by atoms with Crippen LogP contribution in [0.3, 0.4) is 0 Å². The average molecular weight is 326 g/mol. The zero-order chi connectivity index (χ0) is 17.6. The topological polar surface area (TPSA) is 66.8 Å². The van der Waals surface area contributed by atoms with Crippen molar-refractivity contribution >= 4 is 5.78 Å². The Morgan fingerprint density at radius 1 is 1.04 bits per heavy atom. The van der Waals surface area contributed by atoms with E-state index >= 15 is 0 Å². The molecular weight excluding hydrogens is 304 g/mol. The summed E-state index contributed by atoms with van der Waals surface area (Å²) in [7, 11) is 1.52. The van der Waals surface area contributed by atoms with Gasteiger partial charge in [-0.1, -0.05) is 26.0 Å². The van der Waals surface area contributed by atoms with Crippen LogP contribution in [0.2, 0.25) is 0 Å². The minimum absolute atomic E-state index is 0.00139. The molecule has 0 aromatic heterocycles. The molecule has 1 aliphatic carbocycles. The van der Waals surface area contributed by atoms with Crippen LogP contribution in [0.4, 0.5) is 0 Å². The molecule has 3 atom stereocenters. The third-order valence-electron chi connectivity index (χ3n) is 5.26. The predicted molar refractivity (Wildman–Crippen MR) is 92.0 cm³/mol. The average Bonchev–Trinajstić information content (AvgIpc) is 2.56. The lowest BCUT2D eigenvalue weighted by Gasteiger charge is -2.36. The number of carbonyl (C=O) groups excluding carboxylic acids is 1. The van der Waals surface area contributed by atoms with E-state index in [-0.39, 0.29) is 35.0 Å². The fraction of sp³-hybridized carbons (Fsp3) is 0.350. The van der Waals surface area contributed by atoms with Crippen LogP contribution in [0.15, 0.2) is 30.3 Å². The van der Waals surface area contributed by atoms with Crippen LogP contribution >= 0.6 is 0 Å². The van der Waals surface area contributed by atoms with Crippen molar-refractivity contribution in [3.05, 3.63) is 52.6 Å². The van der Waals surface area contributed by atoms with Gasteiger partial charge in [-0.05, 0) is 47.7 Å². The molecule has 4 heteroatoms. The summed E-state index contributed by atoms with van der Waals surface area (Å²) in [6.07, 6.45) is 0. The van der Waals surface area contributed by atoms with Crippen LogP contribution in [-0.4, -0.2) is 23.1 Å². The molecule has 24 heavy (non-hydrogen) atoms. The summed E-state index contributed by atoms with van der Waals surface area (Å²) < 4.78 is 5.23. The molecule has 3 rings (SSSR count). The van der Waals surface area contributed by atoms with Gasteiger partial charge >= 0.3 is 0 Å². The summed E-state index contributed by atoms with van der Waals surface area (Å²) in [6, 6.07) is 8.79. The summed E-state index contributed by atoms with van der Waals surface area (Å²) in [5, 5.41) is 19.9. The summed E-state index contributed by atoms with van der Waals surface area (Å²) >= 11 is 0. The number of methoxy groups -OCH3 is 1. The molecule has 126 valence electrons. The molecule has 2 aromatic rings. The van der Waals surface area contributed by atoms with E-state index in [4.69, 9.17) is 4.74 Å². The largest absolute Gasteiger partial charge is 0.508 e. The van der Waals surface area contributed by atoms with Gasteiger partial charge in [-0.15, -0.1) is 0 Å². The van der Waals surface area contributed by atoms with Gasteiger partial charge in [0.2, 0.25) is 0 Å². The van der Waals surface area contributed by atoms with E-state index in [0.717, 1.165) is 16.7 Å². The van der Waals surface area contributed by atoms with E-state index < -0.39 is 0 Å². The maximum atomic E-state index is 12.7. The fourth-order valence-electron chi connectivity index (χ4n) is 3.62. The number of Topliss-reactive ketones (excluding diaryl/α,β-unsaturated/α-hetero) is 1. The lowest BCUT2D eigenvalue weighted by atomic mass is 9.67. The van der Waals surface area contributed by atoms with Crippen LogP contribution in [0.5, 0.6) is 17.2 Å². The van der Waals surface area contributed by atoms with E-state index in [0.29, 0.717) is 11.3 Å². The Balaban J connectivity index is 2.22. The van der Waals surface area contributed by atoms with Gasteiger partial charge in [0.15, 0.2) is 17.3 Å². The number of aromatic hydroxyl groups is 2. The van der Waals surface area contributed by atoms with Gasteiger partial charge in [-0.2, -0.15) is 0 Å². The smallest absolute Gasteiger partial charge is 0.166 e. The number of hydrogen-bond acceptors (Lipinski definition) is 4. The highest BCUT2D eigenvalue weighted by Gasteiger charge is 2.38. The first kappa shape index (κ1) is 16.4. The highest BCUT2D eigenvalue weighted by atomic mass is 16.5. The van der Waals surface area contributed by atoms with Crippen molar-refractivity contribution < 1.29 is 19.7 Å². The first-order valence-electron chi connectivity index (χ1n) is 8.09. The minimum Gasteiger partial charge on any atom is -0.508 e. The van der Waals surface area contributed by atoms with Gasteiger partial charge in [-0.25, -0.2) is 0 Å². The number of ether oxygens (including phenoxy) is 1. The van der Waals surface area contributed by atoms with E-state index in [1.165, 1.54) is 7.11 Å². The van der Waals surface area contributed by atoms with Gasteiger partial charge in [0, 0.05) is 17.4 Å². The zero-order valence-electron chi connectivity index (χ0n) is 14.3.